The van der Waals surface area contributed by atoms with Crippen molar-refractivity contribution in [2.45, 2.75) is 4.90 Å². The van der Waals surface area contributed by atoms with E-state index in [1.165, 1.54) is 6.26 Å². The molecule has 0 aliphatic carbocycles. The smallest absolute Gasteiger partial charge is 0.235 e. The molecular formula is C23H17N3O2S. The summed E-state index contributed by atoms with van der Waals surface area (Å²) in [6, 6.07) is 26.9. The monoisotopic (exact) mass is 399 g/mol. The van der Waals surface area contributed by atoms with Gasteiger partial charge in [0.05, 0.1) is 27.3 Å². The molecule has 0 saturated heterocycles. The van der Waals surface area contributed by atoms with Gasteiger partial charge >= 0.3 is 0 Å². The molecule has 0 atom stereocenters. The molecule has 0 spiro atoms. The number of rotatable bonds is 3. The van der Waals surface area contributed by atoms with Crippen LogP contribution in [0.4, 0.5) is 0 Å². The number of imidazole rings is 1. The van der Waals surface area contributed by atoms with Crippen LogP contribution in [0.3, 0.4) is 0 Å². The molecule has 0 unspecified atom stereocenters. The van der Waals surface area contributed by atoms with Gasteiger partial charge in [0.15, 0.2) is 9.84 Å². The summed E-state index contributed by atoms with van der Waals surface area (Å²) in [4.78, 5) is 9.75. The number of fused-ring (bicyclic) bond motifs is 3. The van der Waals surface area contributed by atoms with Crippen LogP contribution < -0.4 is 0 Å². The number of benzene rings is 3. The van der Waals surface area contributed by atoms with Gasteiger partial charge in [0.1, 0.15) is 0 Å². The quantitative estimate of drug-likeness (QED) is 0.444. The Hall–Kier alpha value is -3.51. The lowest BCUT2D eigenvalue weighted by Crippen LogP contribution is -1.99. The Balaban J connectivity index is 1.79. The molecule has 0 N–H and O–H groups in total. The average Bonchev–Trinajstić information content (AvgIpc) is 3.12. The van der Waals surface area contributed by atoms with E-state index in [2.05, 4.69) is 16.5 Å². The molecule has 29 heavy (non-hydrogen) atoms. The molecule has 2 heterocycles. The van der Waals surface area contributed by atoms with Crippen molar-refractivity contribution in [1.82, 2.24) is 14.4 Å². The van der Waals surface area contributed by atoms with Gasteiger partial charge < -0.3 is 0 Å². The van der Waals surface area contributed by atoms with Gasteiger partial charge in [-0.05, 0) is 35.9 Å². The summed E-state index contributed by atoms with van der Waals surface area (Å²) in [6.45, 7) is 0. The molecule has 0 radical (unpaired) electrons. The zero-order chi connectivity index (χ0) is 20.0. The maximum Gasteiger partial charge on any atom is 0.235 e. The molecule has 142 valence electrons. The lowest BCUT2D eigenvalue weighted by molar-refractivity contribution is 0.602. The Morgan fingerprint density at radius 3 is 2.17 bits per heavy atom. The van der Waals surface area contributed by atoms with Gasteiger partial charge in [-0.3, -0.25) is 4.40 Å². The second-order valence-electron chi connectivity index (χ2n) is 6.93. The van der Waals surface area contributed by atoms with Gasteiger partial charge in [0.25, 0.3) is 0 Å². The highest BCUT2D eigenvalue weighted by Gasteiger charge is 2.14. The number of sulfone groups is 1. The molecular weight excluding hydrogens is 382 g/mol. The number of nitrogens with zero attached hydrogens (tertiary/aromatic N) is 3. The summed E-state index contributed by atoms with van der Waals surface area (Å²) >= 11 is 0. The Morgan fingerprint density at radius 2 is 1.45 bits per heavy atom. The summed E-state index contributed by atoms with van der Waals surface area (Å²) in [5.41, 5.74) is 5.48. The van der Waals surface area contributed by atoms with Crippen molar-refractivity contribution in [3.05, 3.63) is 84.9 Å². The maximum atomic E-state index is 11.8. The van der Waals surface area contributed by atoms with Crippen molar-refractivity contribution in [3.8, 4) is 22.5 Å². The maximum absolute atomic E-state index is 11.8. The molecule has 0 bridgehead atoms. The summed E-state index contributed by atoms with van der Waals surface area (Å²) in [5.74, 6) is 0.606. The van der Waals surface area contributed by atoms with Gasteiger partial charge in [0, 0.05) is 11.8 Å². The van der Waals surface area contributed by atoms with E-state index in [1.807, 2.05) is 48.5 Å². The SMILES string of the molecule is CS(=O)(=O)c1ccc(-c2cc(-c3ccccc3)n3c(n2)nc2ccccc23)cc1. The van der Waals surface area contributed by atoms with Crippen LogP contribution in [0.25, 0.3) is 39.3 Å². The molecule has 3 aromatic carbocycles. The van der Waals surface area contributed by atoms with Crippen molar-refractivity contribution in [3.63, 3.8) is 0 Å². The molecule has 0 amide bonds. The number of hydrogen-bond donors (Lipinski definition) is 0. The topological polar surface area (TPSA) is 64.3 Å². The van der Waals surface area contributed by atoms with E-state index in [4.69, 9.17) is 9.97 Å². The predicted molar refractivity (Wildman–Crippen MR) is 114 cm³/mol. The fraction of sp³-hybridized carbons (Fsp3) is 0.0435. The number of para-hydroxylation sites is 2. The van der Waals surface area contributed by atoms with Gasteiger partial charge in [-0.25, -0.2) is 18.4 Å². The summed E-state index contributed by atoms with van der Waals surface area (Å²) in [6.07, 6.45) is 1.20. The normalized spacial score (nSPS) is 11.9. The molecule has 0 saturated carbocycles. The fourth-order valence-electron chi connectivity index (χ4n) is 3.50. The van der Waals surface area contributed by atoms with E-state index in [9.17, 15) is 8.42 Å². The van der Waals surface area contributed by atoms with E-state index in [0.717, 1.165) is 33.5 Å². The van der Waals surface area contributed by atoms with Crippen molar-refractivity contribution < 1.29 is 8.42 Å². The Bertz CT molecular complexity index is 1460. The van der Waals surface area contributed by atoms with Crippen LogP contribution in [0, 0.1) is 0 Å². The highest BCUT2D eigenvalue weighted by Crippen LogP contribution is 2.29. The van der Waals surface area contributed by atoms with E-state index in [1.54, 1.807) is 24.3 Å². The van der Waals surface area contributed by atoms with Crippen LogP contribution in [0.5, 0.6) is 0 Å². The third-order valence-corrected chi connectivity index (χ3v) is 6.05. The van der Waals surface area contributed by atoms with E-state index < -0.39 is 9.84 Å². The fourth-order valence-corrected chi connectivity index (χ4v) is 4.13. The standard InChI is InChI=1S/C23H17N3O2S/c1-29(27,28)18-13-11-16(12-14-18)20-15-22(17-7-3-2-4-8-17)26-21-10-6-5-9-19(21)24-23(26)25-20/h2-15H,1H3. The zero-order valence-electron chi connectivity index (χ0n) is 15.6. The second kappa shape index (κ2) is 6.53. The van der Waals surface area contributed by atoms with E-state index >= 15 is 0 Å². The first kappa shape index (κ1) is 17.6. The number of hydrogen-bond acceptors (Lipinski definition) is 4. The van der Waals surface area contributed by atoms with Crippen molar-refractivity contribution in [2.24, 2.45) is 0 Å². The Labute approximate surface area is 168 Å². The van der Waals surface area contributed by atoms with Crippen LogP contribution in [0.1, 0.15) is 0 Å². The third-order valence-electron chi connectivity index (χ3n) is 4.93. The predicted octanol–water partition coefficient (Wildman–Crippen LogP) is 4.62. The first-order valence-electron chi connectivity index (χ1n) is 9.15. The van der Waals surface area contributed by atoms with Crippen LogP contribution >= 0.6 is 0 Å². The van der Waals surface area contributed by atoms with Gasteiger partial charge in [0.2, 0.25) is 5.78 Å². The van der Waals surface area contributed by atoms with Gasteiger partial charge in [-0.15, -0.1) is 0 Å². The molecule has 5 nitrogen and oxygen atoms in total. The highest BCUT2D eigenvalue weighted by atomic mass is 32.2. The van der Waals surface area contributed by atoms with Crippen LogP contribution in [0.2, 0.25) is 0 Å². The molecule has 0 fully saturated rings. The third kappa shape index (κ3) is 3.07. The summed E-state index contributed by atoms with van der Waals surface area (Å²) < 4.78 is 25.6. The van der Waals surface area contributed by atoms with Crippen LogP contribution in [-0.4, -0.2) is 29.0 Å². The largest absolute Gasteiger partial charge is 0.276 e. The molecule has 2 aromatic heterocycles. The zero-order valence-corrected chi connectivity index (χ0v) is 16.5. The summed E-state index contributed by atoms with van der Waals surface area (Å²) in [5, 5.41) is 0. The second-order valence-corrected chi connectivity index (χ2v) is 8.94. The van der Waals surface area contributed by atoms with E-state index in [0.29, 0.717) is 5.78 Å². The Kier molecular flexibility index (Phi) is 3.96. The molecule has 6 heteroatoms. The first-order chi connectivity index (χ1) is 14.0. The van der Waals surface area contributed by atoms with Crippen molar-refractivity contribution in [2.75, 3.05) is 6.26 Å². The molecule has 5 aromatic rings. The lowest BCUT2D eigenvalue weighted by atomic mass is 10.1. The molecule has 5 rings (SSSR count). The van der Waals surface area contributed by atoms with Crippen LogP contribution in [-0.2, 0) is 9.84 Å². The minimum atomic E-state index is -3.24. The van der Waals surface area contributed by atoms with Crippen LogP contribution in [0.15, 0.2) is 89.8 Å². The van der Waals surface area contributed by atoms with E-state index in [-0.39, 0.29) is 4.90 Å². The number of aromatic nitrogens is 3. The first-order valence-corrected chi connectivity index (χ1v) is 11.0. The minimum absolute atomic E-state index is 0.289. The lowest BCUT2D eigenvalue weighted by Gasteiger charge is -2.10. The van der Waals surface area contributed by atoms with Crippen molar-refractivity contribution in [1.29, 1.82) is 0 Å². The average molecular weight is 399 g/mol. The molecule has 0 aliphatic heterocycles. The van der Waals surface area contributed by atoms with Gasteiger partial charge in [-0.1, -0.05) is 54.6 Å². The highest BCUT2D eigenvalue weighted by molar-refractivity contribution is 7.90. The molecule has 0 aliphatic rings. The van der Waals surface area contributed by atoms with Gasteiger partial charge in [-0.2, -0.15) is 0 Å². The minimum Gasteiger partial charge on any atom is -0.276 e. The summed E-state index contributed by atoms with van der Waals surface area (Å²) in [7, 11) is -3.24. The Morgan fingerprint density at radius 1 is 0.759 bits per heavy atom. The van der Waals surface area contributed by atoms with Crippen molar-refractivity contribution >= 4 is 26.6 Å².